The van der Waals surface area contributed by atoms with Gasteiger partial charge in [-0.1, -0.05) is 127 Å². The minimum absolute atomic E-state index is 0.338. The van der Waals surface area contributed by atoms with Gasteiger partial charge >= 0.3 is 0 Å². The van der Waals surface area contributed by atoms with Crippen molar-refractivity contribution in [2.75, 3.05) is 4.90 Å². The number of aromatic nitrogens is 1. The third kappa shape index (κ3) is 5.48. The van der Waals surface area contributed by atoms with E-state index in [4.69, 9.17) is 6.57 Å². The smallest absolute Gasteiger partial charge is 0.268 e. The van der Waals surface area contributed by atoms with Gasteiger partial charge in [-0.25, -0.2) is 9.74 Å². The van der Waals surface area contributed by atoms with Crippen molar-refractivity contribution in [3.63, 3.8) is 0 Å². The predicted molar refractivity (Wildman–Crippen MR) is 231 cm³/mol. The summed E-state index contributed by atoms with van der Waals surface area (Å²) in [4.78, 5) is 34.6. The van der Waals surface area contributed by atoms with Crippen molar-refractivity contribution < 1.29 is 9.59 Å². The lowest BCUT2D eigenvalue weighted by Gasteiger charge is -2.22. The molecule has 6 heteroatoms. The highest BCUT2D eigenvalue weighted by Gasteiger charge is 2.40. The Morgan fingerprint density at radius 1 is 0.466 bits per heavy atom. The van der Waals surface area contributed by atoms with Crippen LogP contribution in [0.25, 0.3) is 76.8 Å². The molecular formula is C52H30N4O2. The molecule has 8 aromatic carbocycles. The summed E-state index contributed by atoms with van der Waals surface area (Å²) in [6.07, 6.45) is 0. The molecule has 0 radical (unpaired) electrons. The summed E-state index contributed by atoms with van der Waals surface area (Å²) in [5, 5.41) is 11.3. The highest BCUT2D eigenvalue weighted by molar-refractivity contribution is 6.37. The Hall–Kier alpha value is -8.32. The molecule has 1 aliphatic rings. The van der Waals surface area contributed by atoms with Gasteiger partial charge in [-0.2, -0.15) is 5.26 Å². The Balaban J connectivity index is 1.18. The number of carbonyl (C=O) groups is 2. The fourth-order valence-electron chi connectivity index (χ4n) is 8.27. The number of rotatable bonds is 6. The average Bonchev–Trinajstić information content (AvgIpc) is 3.75. The number of benzene rings is 8. The second-order valence-corrected chi connectivity index (χ2v) is 14.2. The largest absolute Gasteiger partial charge is 0.308 e. The molecule has 0 fully saturated rings. The maximum atomic E-state index is 15.1. The molecule has 0 aliphatic carbocycles. The monoisotopic (exact) mass is 742 g/mol. The number of anilines is 1. The topological polar surface area (TPSA) is 70.5 Å². The van der Waals surface area contributed by atoms with Crippen LogP contribution in [-0.4, -0.2) is 16.4 Å². The molecular weight excluding hydrogens is 713 g/mol. The molecule has 1 aliphatic heterocycles. The number of imide groups is 1. The highest BCUT2D eigenvalue weighted by Crippen LogP contribution is 2.44. The lowest BCUT2D eigenvalue weighted by atomic mass is 9.92. The van der Waals surface area contributed by atoms with E-state index >= 15 is 4.79 Å². The summed E-state index contributed by atoms with van der Waals surface area (Å²) in [7, 11) is 0. The third-order valence-electron chi connectivity index (χ3n) is 11.0. The van der Waals surface area contributed by atoms with Crippen molar-refractivity contribution in [2.45, 2.75) is 0 Å². The first kappa shape index (κ1) is 34.2. The number of nitriles is 1. The standard InChI is InChI=1S/C52H30N4O2/c1-54-40-26-22-35(23-27-40)39-25-29-46-44(31-39)43-30-38(34-20-18-33(32-53)19-21-34)24-28-45(43)55(46)48-17-9-15-42-50(48)52(58)56(51(42)57)47-16-8-14-41(36-10-4-2-5-11-36)49(47)37-12-6-3-7-13-37/h2-31H. The first-order valence-electron chi connectivity index (χ1n) is 18.8. The highest BCUT2D eigenvalue weighted by atomic mass is 16.2. The van der Waals surface area contributed by atoms with Crippen LogP contribution in [0, 0.1) is 17.9 Å². The van der Waals surface area contributed by atoms with Crippen LogP contribution in [0.2, 0.25) is 0 Å². The fourth-order valence-corrected chi connectivity index (χ4v) is 8.27. The van der Waals surface area contributed by atoms with Crippen molar-refractivity contribution in [3.8, 4) is 56.3 Å². The van der Waals surface area contributed by atoms with Gasteiger partial charge in [-0.05, 0) is 93.5 Å². The van der Waals surface area contributed by atoms with Gasteiger partial charge < -0.3 is 4.57 Å². The zero-order valence-corrected chi connectivity index (χ0v) is 30.9. The van der Waals surface area contributed by atoms with E-state index < -0.39 is 5.91 Å². The molecule has 0 spiro atoms. The van der Waals surface area contributed by atoms with Gasteiger partial charge in [0.25, 0.3) is 11.8 Å². The van der Waals surface area contributed by atoms with Crippen LogP contribution in [0.15, 0.2) is 182 Å². The van der Waals surface area contributed by atoms with E-state index in [2.05, 4.69) is 45.8 Å². The Bertz CT molecular complexity index is 3090. The lowest BCUT2D eigenvalue weighted by molar-refractivity contribution is 0.0926. The van der Waals surface area contributed by atoms with Crippen LogP contribution in [0.5, 0.6) is 0 Å². The molecule has 10 rings (SSSR count). The lowest BCUT2D eigenvalue weighted by Crippen LogP contribution is -2.30. The maximum Gasteiger partial charge on any atom is 0.268 e. The summed E-state index contributed by atoms with van der Waals surface area (Å²) < 4.78 is 2.09. The molecule has 270 valence electrons. The van der Waals surface area contributed by atoms with E-state index in [9.17, 15) is 10.1 Å². The van der Waals surface area contributed by atoms with Crippen LogP contribution >= 0.6 is 0 Å². The Kier molecular flexibility index (Phi) is 8.11. The van der Waals surface area contributed by atoms with E-state index in [0.717, 1.165) is 66.3 Å². The van der Waals surface area contributed by atoms with E-state index in [1.807, 2.05) is 146 Å². The van der Waals surface area contributed by atoms with Gasteiger partial charge in [0.15, 0.2) is 5.69 Å². The van der Waals surface area contributed by atoms with Crippen molar-refractivity contribution in [1.29, 1.82) is 5.26 Å². The van der Waals surface area contributed by atoms with E-state index in [0.29, 0.717) is 33.8 Å². The SMILES string of the molecule is [C-]#[N+]c1ccc(-c2ccc3c(c2)c2cc(-c4ccc(C#N)cc4)ccc2n3-c2cccc3c2C(=O)N(c2cccc(-c4ccccc4)c2-c2ccccc2)C3=O)cc1. The van der Waals surface area contributed by atoms with E-state index in [1.54, 1.807) is 6.07 Å². The number of carbonyl (C=O) groups excluding carboxylic acids is 2. The van der Waals surface area contributed by atoms with Crippen LogP contribution in [0.3, 0.4) is 0 Å². The van der Waals surface area contributed by atoms with Gasteiger partial charge in [0, 0.05) is 16.3 Å². The van der Waals surface area contributed by atoms with Crippen LogP contribution in [0.4, 0.5) is 11.4 Å². The molecule has 0 saturated heterocycles. The van der Waals surface area contributed by atoms with Gasteiger partial charge in [0.1, 0.15) is 0 Å². The minimum Gasteiger partial charge on any atom is -0.308 e. The van der Waals surface area contributed by atoms with Crippen molar-refractivity contribution in [3.05, 3.63) is 210 Å². The molecule has 9 aromatic rings. The second kappa shape index (κ2) is 13.8. The number of amides is 2. The molecule has 58 heavy (non-hydrogen) atoms. The predicted octanol–water partition coefficient (Wildman–Crippen LogP) is 12.7. The van der Waals surface area contributed by atoms with Gasteiger partial charge in [-0.3, -0.25) is 9.59 Å². The summed E-state index contributed by atoms with van der Waals surface area (Å²) in [6.45, 7) is 7.41. The molecule has 0 atom stereocenters. The molecule has 2 heterocycles. The van der Waals surface area contributed by atoms with Gasteiger partial charge in [0.05, 0.1) is 51.7 Å². The summed E-state index contributed by atoms with van der Waals surface area (Å²) in [6, 6.07) is 61.0. The zero-order chi connectivity index (χ0) is 39.3. The maximum absolute atomic E-state index is 15.1. The Labute approximate surface area is 334 Å². The second-order valence-electron chi connectivity index (χ2n) is 14.2. The summed E-state index contributed by atoms with van der Waals surface area (Å²) >= 11 is 0. The zero-order valence-electron chi connectivity index (χ0n) is 30.9. The number of hydrogen-bond acceptors (Lipinski definition) is 3. The van der Waals surface area contributed by atoms with Crippen LogP contribution in [0.1, 0.15) is 26.3 Å². The number of hydrogen-bond donors (Lipinski definition) is 0. The first-order valence-corrected chi connectivity index (χ1v) is 18.8. The van der Waals surface area contributed by atoms with Crippen molar-refractivity contribution in [1.82, 2.24) is 4.57 Å². The molecule has 0 saturated carbocycles. The third-order valence-corrected chi connectivity index (χ3v) is 11.0. The summed E-state index contributed by atoms with van der Waals surface area (Å²) in [5.41, 5.74) is 12.2. The molecule has 6 nitrogen and oxygen atoms in total. The number of nitrogens with zero attached hydrogens (tertiary/aromatic N) is 4. The number of fused-ring (bicyclic) bond motifs is 4. The van der Waals surface area contributed by atoms with E-state index in [1.165, 1.54) is 4.90 Å². The normalized spacial score (nSPS) is 12.1. The fraction of sp³-hybridized carbons (Fsp3) is 0. The quantitative estimate of drug-likeness (QED) is 0.126. The Morgan fingerprint density at radius 2 is 1.00 bits per heavy atom. The molecule has 0 bridgehead atoms. The van der Waals surface area contributed by atoms with Crippen LogP contribution < -0.4 is 4.90 Å². The van der Waals surface area contributed by atoms with E-state index in [-0.39, 0.29) is 5.91 Å². The average molecular weight is 743 g/mol. The van der Waals surface area contributed by atoms with Crippen LogP contribution in [-0.2, 0) is 0 Å². The molecule has 0 unspecified atom stereocenters. The first-order chi connectivity index (χ1) is 28.5. The van der Waals surface area contributed by atoms with Gasteiger partial charge in [-0.15, -0.1) is 0 Å². The molecule has 2 amide bonds. The van der Waals surface area contributed by atoms with Gasteiger partial charge in [0.2, 0.25) is 0 Å². The van der Waals surface area contributed by atoms with Crippen molar-refractivity contribution >= 4 is 45.0 Å². The summed E-state index contributed by atoms with van der Waals surface area (Å²) in [5.74, 6) is -0.767. The Morgan fingerprint density at radius 3 is 1.59 bits per heavy atom. The molecule has 1 aromatic heterocycles. The van der Waals surface area contributed by atoms with Crippen molar-refractivity contribution in [2.24, 2.45) is 0 Å². The minimum atomic E-state index is -0.390. The molecule has 0 N–H and O–H groups in total.